The van der Waals surface area contributed by atoms with Crippen LogP contribution in [0.25, 0.3) is 0 Å². The fourth-order valence-corrected chi connectivity index (χ4v) is 5.15. The molecule has 4 aliphatic rings. The highest BCUT2D eigenvalue weighted by Crippen LogP contribution is 2.28. The van der Waals surface area contributed by atoms with Crippen LogP contribution >= 0.6 is 0 Å². The Kier molecular flexibility index (Phi) is 5.85. The third-order valence-corrected chi connectivity index (χ3v) is 6.91. The minimum Gasteiger partial charge on any atom is -0.378 e. The minimum absolute atomic E-state index is 0.371. The number of nitrogens with zero attached hydrogens (tertiary/aromatic N) is 5. The first-order valence-electron chi connectivity index (χ1n) is 10.2. The normalized spacial score (nSPS) is 35.2. The lowest BCUT2D eigenvalue weighted by atomic mass is 9.89. The Balaban J connectivity index is 1.17. The van der Waals surface area contributed by atoms with E-state index in [-0.39, 0.29) is 0 Å². The Bertz CT molecular complexity index is 433. The second kappa shape index (κ2) is 8.29. The average molecular weight is 351 g/mol. The third-order valence-electron chi connectivity index (χ3n) is 6.91. The van der Waals surface area contributed by atoms with Gasteiger partial charge in [0.25, 0.3) is 0 Å². The van der Waals surface area contributed by atoms with Crippen LogP contribution < -0.4 is 5.84 Å². The number of likely N-dealkylation sites (tertiary alicyclic amines) is 1. The first-order valence-corrected chi connectivity index (χ1v) is 10.2. The number of rotatable bonds is 4. The van der Waals surface area contributed by atoms with Crippen molar-refractivity contribution in [2.75, 3.05) is 52.5 Å². The summed E-state index contributed by atoms with van der Waals surface area (Å²) < 4.78 is 5.34. The van der Waals surface area contributed by atoms with E-state index >= 15 is 0 Å². The summed E-state index contributed by atoms with van der Waals surface area (Å²) in [6.45, 7) is 9.40. The number of piperidine rings is 1. The molecule has 2 N–H and O–H groups in total. The van der Waals surface area contributed by atoms with Crippen LogP contribution in [-0.2, 0) is 4.74 Å². The molecule has 0 amide bonds. The number of hydrogen-bond acceptors (Lipinski definition) is 6. The number of nitrogens with two attached hydrogens (primary N) is 1. The lowest BCUT2D eigenvalue weighted by Gasteiger charge is -2.47. The smallest absolute Gasteiger partial charge is 0.0730 e. The van der Waals surface area contributed by atoms with Gasteiger partial charge in [-0.25, -0.2) is 0 Å². The molecule has 0 aromatic carbocycles. The Morgan fingerprint density at radius 2 is 1.16 bits per heavy atom. The highest BCUT2D eigenvalue weighted by molar-refractivity contribution is 4.89. The lowest BCUT2D eigenvalue weighted by Crippen LogP contribution is -2.59. The van der Waals surface area contributed by atoms with Crippen molar-refractivity contribution in [3.8, 4) is 0 Å². The van der Waals surface area contributed by atoms with E-state index in [4.69, 9.17) is 10.6 Å². The van der Waals surface area contributed by atoms with E-state index in [9.17, 15) is 0 Å². The summed E-state index contributed by atoms with van der Waals surface area (Å²) in [5.41, 5.74) is 0. The van der Waals surface area contributed by atoms with E-state index < -0.39 is 0 Å². The summed E-state index contributed by atoms with van der Waals surface area (Å²) in [4.78, 5) is 8.13. The van der Waals surface area contributed by atoms with Gasteiger partial charge in [0.2, 0.25) is 0 Å². The van der Waals surface area contributed by atoms with Gasteiger partial charge in [-0.2, -0.15) is 5.11 Å². The van der Waals surface area contributed by atoms with Crippen LogP contribution in [0.5, 0.6) is 0 Å². The lowest BCUT2D eigenvalue weighted by molar-refractivity contribution is -0.0817. The molecular weight excluding hydrogens is 316 g/mol. The van der Waals surface area contributed by atoms with Crippen LogP contribution in [0, 0.1) is 0 Å². The first kappa shape index (κ1) is 17.6. The van der Waals surface area contributed by atoms with Crippen molar-refractivity contribution < 1.29 is 4.74 Å². The molecule has 7 heteroatoms. The molecule has 0 atom stereocenters. The van der Waals surface area contributed by atoms with Crippen molar-refractivity contribution in [2.45, 2.75) is 62.7 Å². The molecule has 0 aromatic rings. The van der Waals surface area contributed by atoms with Crippen molar-refractivity contribution in [1.82, 2.24) is 14.7 Å². The molecule has 1 saturated carbocycles. The molecule has 4 rings (SSSR count). The molecule has 142 valence electrons. The fourth-order valence-electron chi connectivity index (χ4n) is 5.15. The van der Waals surface area contributed by atoms with Crippen LogP contribution in [0.15, 0.2) is 10.3 Å². The van der Waals surface area contributed by atoms with Crippen LogP contribution in [0.3, 0.4) is 0 Å². The summed E-state index contributed by atoms with van der Waals surface area (Å²) in [5.74, 6) is 5.19. The maximum absolute atomic E-state index is 5.34. The van der Waals surface area contributed by atoms with Crippen molar-refractivity contribution in [3.63, 3.8) is 0 Å². The molecule has 3 saturated heterocycles. The molecular formula is C18H34N6O. The fraction of sp³-hybridized carbons (Fsp3) is 1.00. The van der Waals surface area contributed by atoms with Gasteiger partial charge in [-0.3, -0.25) is 9.80 Å². The molecule has 1 aliphatic carbocycles. The SMILES string of the molecule is NN=NC1CCC(N2CCC(N3CCN(C4COC4)CC3)CC2)CC1. The van der Waals surface area contributed by atoms with E-state index in [0.717, 1.165) is 38.1 Å². The van der Waals surface area contributed by atoms with Gasteiger partial charge >= 0.3 is 0 Å². The van der Waals surface area contributed by atoms with Gasteiger partial charge in [-0.05, 0) is 51.6 Å². The Morgan fingerprint density at radius 3 is 1.68 bits per heavy atom. The maximum Gasteiger partial charge on any atom is 0.0730 e. The molecule has 0 spiro atoms. The van der Waals surface area contributed by atoms with Gasteiger partial charge in [0.05, 0.1) is 25.3 Å². The molecule has 0 aromatic heterocycles. The van der Waals surface area contributed by atoms with Crippen LogP contribution in [0.4, 0.5) is 0 Å². The second-order valence-electron chi connectivity index (χ2n) is 8.22. The average Bonchev–Trinajstić information content (AvgIpc) is 2.62. The van der Waals surface area contributed by atoms with Gasteiger partial charge in [0.1, 0.15) is 0 Å². The van der Waals surface area contributed by atoms with Gasteiger partial charge in [-0.15, -0.1) is 0 Å². The zero-order chi connectivity index (χ0) is 17.1. The molecule has 3 heterocycles. The van der Waals surface area contributed by atoms with Gasteiger partial charge in [0.15, 0.2) is 0 Å². The molecule has 3 aliphatic heterocycles. The standard InChI is InChI=1S/C18H34N6O/c19-21-20-15-1-3-16(4-2-15)22-7-5-17(6-8-22)23-9-11-24(12-10-23)18-13-25-14-18/h15-18H,1-14H2,(H2,19,20). The van der Waals surface area contributed by atoms with E-state index in [1.54, 1.807) is 0 Å². The maximum atomic E-state index is 5.34. The number of ether oxygens (including phenoxy) is 1. The minimum atomic E-state index is 0.371. The highest BCUT2D eigenvalue weighted by atomic mass is 16.5. The Morgan fingerprint density at radius 1 is 0.640 bits per heavy atom. The summed E-state index contributed by atoms with van der Waals surface area (Å²) in [6, 6.07) is 2.65. The summed E-state index contributed by atoms with van der Waals surface area (Å²) in [7, 11) is 0. The van der Waals surface area contributed by atoms with Gasteiger partial charge < -0.3 is 15.5 Å². The number of hydrogen-bond donors (Lipinski definition) is 1. The summed E-state index contributed by atoms with van der Waals surface area (Å²) in [5, 5.41) is 7.61. The molecule has 0 radical (unpaired) electrons. The molecule has 25 heavy (non-hydrogen) atoms. The number of piperazine rings is 1. The predicted molar refractivity (Wildman–Crippen MR) is 97.4 cm³/mol. The van der Waals surface area contributed by atoms with Crippen molar-refractivity contribution in [1.29, 1.82) is 0 Å². The van der Waals surface area contributed by atoms with E-state index in [2.05, 4.69) is 25.0 Å². The molecule has 4 fully saturated rings. The second-order valence-corrected chi connectivity index (χ2v) is 8.22. The molecule has 7 nitrogen and oxygen atoms in total. The topological polar surface area (TPSA) is 69.7 Å². The monoisotopic (exact) mass is 350 g/mol. The van der Waals surface area contributed by atoms with Crippen molar-refractivity contribution in [3.05, 3.63) is 0 Å². The van der Waals surface area contributed by atoms with Crippen LogP contribution in [-0.4, -0.2) is 91.3 Å². The third kappa shape index (κ3) is 4.15. The Hall–Kier alpha value is -0.760. The zero-order valence-corrected chi connectivity index (χ0v) is 15.4. The van der Waals surface area contributed by atoms with E-state index in [0.29, 0.717) is 12.1 Å². The quantitative estimate of drug-likeness (QED) is 0.467. The van der Waals surface area contributed by atoms with Crippen LogP contribution in [0.1, 0.15) is 38.5 Å². The Labute approximate surface area is 151 Å². The van der Waals surface area contributed by atoms with Gasteiger partial charge in [-0.1, -0.05) is 5.22 Å². The molecule has 0 bridgehead atoms. The van der Waals surface area contributed by atoms with Crippen LogP contribution in [0.2, 0.25) is 0 Å². The van der Waals surface area contributed by atoms with E-state index in [1.165, 1.54) is 65.0 Å². The van der Waals surface area contributed by atoms with Crippen molar-refractivity contribution >= 4 is 0 Å². The zero-order valence-electron chi connectivity index (χ0n) is 15.4. The largest absolute Gasteiger partial charge is 0.378 e. The summed E-state index contributed by atoms with van der Waals surface area (Å²) in [6.07, 6.45) is 7.51. The summed E-state index contributed by atoms with van der Waals surface area (Å²) >= 11 is 0. The highest BCUT2D eigenvalue weighted by Gasteiger charge is 2.34. The predicted octanol–water partition coefficient (Wildman–Crippen LogP) is 1.10. The van der Waals surface area contributed by atoms with Gasteiger partial charge in [0, 0.05) is 38.3 Å². The first-order chi connectivity index (χ1) is 12.3. The molecule has 0 unspecified atom stereocenters. The van der Waals surface area contributed by atoms with E-state index in [1.807, 2.05) is 0 Å². The van der Waals surface area contributed by atoms with Crippen molar-refractivity contribution in [2.24, 2.45) is 16.2 Å².